The minimum atomic E-state index is 0.990. The lowest BCUT2D eigenvalue weighted by Gasteiger charge is -2.31. The van der Waals surface area contributed by atoms with E-state index < -0.39 is 0 Å². The summed E-state index contributed by atoms with van der Waals surface area (Å²) in [6.45, 7) is 7.69. The molecule has 11 heavy (non-hydrogen) atoms. The molecule has 65 valence electrons. The van der Waals surface area contributed by atoms with Crippen LogP contribution in [0.1, 0.15) is 13.3 Å². The van der Waals surface area contributed by atoms with Gasteiger partial charge in [0.05, 0.1) is 0 Å². The van der Waals surface area contributed by atoms with Crippen LogP contribution in [0.25, 0.3) is 0 Å². The van der Waals surface area contributed by atoms with Gasteiger partial charge in [0.2, 0.25) is 0 Å². The maximum Gasteiger partial charge on any atom is 0.0304 e. The van der Waals surface area contributed by atoms with Crippen molar-refractivity contribution in [3.8, 4) is 0 Å². The normalized spacial score (nSPS) is 22.4. The molecule has 3 heteroatoms. The Morgan fingerprint density at radius 2 is 1.82 bits per heavy atom. The van der Waals surface area contributed by atoms with Gasteiger partial charge >= 0.3 is 0 Å². The Morgan fingerprint density at radius 3 is 2.36 bits per heavy atom. The molecule has 1 fully saturated rings. The van der Waals surface area contributed by atoms with E-state index in [1.807, 2.05) is 0 Å². The smallest absolute Gasteiger partial charge is 0.0304 e. The molecule has 0 aromatic carbocycles. The van der Waals surface area contributed by atoms with E-state index in [1.165, 1.54) is 0 Å². The molecule has 0 unspecified atom stereocenters. The van der Waals surface area contributed by atoms with Crippen molar-refractivity contribution in [2.45, 2.75) is 13.3 Å². The van der Waals surface area contributed by atoms with Gasteiger partial charge in [-0.05, 0) is 13.5 Å². The summed E-state index contributed by atoms with van der Waals surface area (Å²) in [6, 6.07) is 0. The first-order chi connectivity index (χ1) is 5.33. The van der Waals surface area contributed by atoms with Gasteiger partial charge < -0.3 is 4.90 Å². The molecular weight excluding hydrogens is 138 g/mol. The summed E-state index contributed by atoms with van der Waals surface area (Å²) in [5, 5.41) is 2.20. The summed E-state index contributed by atoms with van der Waals surface area (Å²) < 4.78 is 0. The molecule has 0 N–H and O–H groups in total. The lowest BCUT2D eigenvalue weighted by Crippen LogP contribution is -2.47. The highest BCUT2D eigenvalue weighted by molar-refractivity contribution is 4.65. The van der Waals surface area contributed by atoms with E-state index in [2.05, 4.69) is 29.3 Å². The summed E-state index contributed by atoms with van der Waals surface area (Å²) in [5.74, 6) is 0. The Balaban J connectivity index is 2.07. The average molecular weight is 156 g/mol. The number of likely N-dealkylation sites (N-methyl/N-ethyl adjacent to an activating group) is 1. The highest BCUT2D eigenvalue weighted by Gasteiger charge is 2.12. The highest BCUT2D eigenvalue weighted by atomic mass is 15.5. The van der Waals surface area contributed by atoms with Crippen molar-refractivity contribution < 1.29 is 0 Å². The number of rotatable bonds is 3. The number of hydrogen-bond acceptors (Lipinski definition) is 2. The van der Waals surface area contributed by atoms with E-state index in [0.717, 1.165) is 39.1 Å². The monoisotopic (exact) mass is 156 g/mol. The third-order valence-corrected chi connectivity index (χ3v) is 2.00. The van der Waals surface area contributed by atoms with E-state index in [-0.39, 0.29) is 0 Å². The van der Waals surface area contributed by atoms with E-state index in [4.69, 9.17) is 0 Å². The molecule has 1 heterocycles. The van der Waals surface area contributed by atoms with E-state index >= 15 is 0 Å². The Hall–Kier alpha value is -0.120. The number of hydrogen-bond donors (Lipinski definition) is 0. The zero-order valence-corrected chi connectivity index (χ0v) is 7.58. The largest absolute Gasteiger partial charge is 0.304 e. The molecule has 1 aliphatic rings. The van der Waals surface area contributed by atoms with Gasteiger partial charge in [0.1, 0.15) is 0 Å². The van der Waals surface area contributed by atoms with Gasteiger partial charge in [0.25, 0.3) is 0 Å². The first-order valence-corrected chi connectivity index (χ1v) is 4.44. The standard InChI is InChI=1S/C8H18N3/c1-3-4-9-11-7-5-10(2)6-8-11/h3-8H2,1-2H3. The van der Waals surface area contributed by atoms with Crippen molar-refractivity contribution in [2.24, 2.45) is 0 Å². The molecule has 0 aromatic heterocycles. The maximum atomic E-state index is 4.44. The summed E-state index contributed by atoms with van der Waals surface area (Å²) in [4.78, 5) is 2.35. The fourth-order valence-electron chi connectivity index (χ4n) is 1.18. The Labute approximate surface area is 69.3 Å². The van der Waals surface area contributed by atoms with E-state index in [1.54, 1.807) is 0 Å². The molecule has 3 nitrogen and oxygen atoms in total. The van der Waals surface area contributed by atoms with Crippen LogP contribution in [0, 0.1) is 0 Å². The van der Waals surface area contributed by atoms with Crippen LogP contribution in [0.3, 0.4) is 0 Å². The molecule has 0 saturated carbocycles. The van der Waals surface area contributed by atoms with Crippen molar-refractivity contribution in [3.05, 3.63) is 0 Å². The van der Waals surface area contributed by atoms with Crippen molar-refractivity contribution in [1.29, 1.82) is 0 Å². The van der Waals surface area contributed by atoms with Gasteiger partial charge in [0.15, 0.2) is 0 Å². The molecule has 1 rings (SSSR count). The van der Waals surface area contributed by atoms with E-state index in [0.29, 0.717) is 0 Å². The van der Waals surface area contributed by atoms with Crippen molar-refractivity contribution in [3.63, 3.8) is 0 Å². The predicted octanol–water partition coefficient (Wildman–Crippen LogP) is 0.163. The van der Waals surface area contributed by atoms with Crippen molar-refractivity contribution in [2.75, 3.05) is 39.8 Å². The van der Waals surface area contributed by atoms with Crippen LogP contribution in [-0.2, 0) is 0 Å². The van der Waals surface area contributed by atoms with Crippen LogP contribution >= 0.6 is 0 Å². The second-order valence-corrected chi connectivity index (χ2v) is 3.12. The summed E-state index contributed by atoms with van der Waals surface area (Å²) in [5.41, 5.74) is 4.44. The first-order valence-electron chi connectivity index (χ1n) is 4.44. The molecule has 0 aromatic rings. The molecule has 1 saturated heterocycles. The fourth-order valence-corrected chi connectivity index (χ4v) is 1.18. The zero-order chi connectivity index (χ0) is 8.10. The van der Waals surface area contributed by atoms with Crippen LogP contribution < -0.4 is 5.43 Å². The van der Waals surface area contributed by atoms with Gasteiger partial charge in [-0.3, -0.25) is 0 Å². The summed E-state index contributed by atoms with van der Waals surface area (Å²) >= 11 is 0. The lowest BCUT2D eigenvalue weighted by atomic mass is 10.4. The van der Waals surface area contributed by atoms with Crippen molar-refractivity contribution >= 4 is 0 Å². The molecule has 0 atom stereocenters. The molecule has 1 radical (unpaired) electrons. The third kappa shape index (κ3) is 3.18. The second kappa shape index (κ2) is 4.70. The van der Waals surface area contributed by atoms with Gasteiger partial charge in [-0.15, -0.1) is 0 Å². The maximum absolute atomic E-state index is 4.44. The Kier molecular flexibility index (Phi) is 3.83. The average Bonchev–Trinajstić information content (AvgIpc) is 2.04. The second-order valence-electron chi connectivity index (χ2n) is 3.12. The molecular formula is C8H18N3. The highest BCUT2D eigenvalue weighted by Crippen LogP contribution is 1.96. The fraction of sp³-hybridized carbons (Fsp3) is 1.00. The van der Waals surface area contributed by atoms with Crippen LogP contribution in [-0.4, -0.2) is 49.7 Å². The molecule has 1 aliphatic heterocycles. The Morgan fingerprint density at radius 1 is 1.18 bits per heavy atom. The minimum Gasteiger partial charge on any atom is -0.304 e. The molecule has 0 bridgehead atoms. The number of nitrogens with zero attached hydrogens (tertiary/aromatic N) is 3. The lowest BCUT2D eigenvalue weighted by molar-refractivity contribution is 0.0998. The molecule has 0 aliphatic carbocycles. The molecule has 0 amide bonds. The minimum absolute atomic E-state index is 0.990. The molecule has 0 spiro atoms. The Bertz CT molecular complexity index is 94.8. The summed E-state index contributed by atoms with van der Waals surface area (Å²) in [6.07, 6.45) is 1.16. The van der Waals surface area contributed by atoms with Crippen LogP contribution in [0.4, 0.5) is 0 Å². The van der Waals surface area contributed by atoms with Gasteiger partial charge in [-0.25, -0.2) is 5.01 Å². The van der Waals surface area contributed by atoms with Crippen LogP contribution in [0.5, 0.6) is 0 Å². The van der Waals surface area contributed by atoms with Gasteiger partial charge in [-0.1, -0.05) is 6.92 Å². The zero-order valence-electron chi connectivity index (χ0n) is 7.58. The quantitative estimate of drug-likeness (QED) is 0.580. The summed E-state index contributed by atoms with van der Waals surface area (Å²) in [7, 11) is 2.16. The third-order valence-electron chi connectivity index (χ3n) is 2.00. The first kappa shape index (κ1) is 8.97. The van der Waals surface area contributed by atoms with Crippen molar-refractivity contribution in [1.82, 2.24) is 15.3 Å². The topological polar surface area (TPSA) is 20.6 Å². The van der Waals surface area contributed by atoms with E-state index in [9.17, 15) is 0 Å². The SMILES string of the molecule is CCC[N]N1CCN(C)CC1. The van der Waals surface area contributed by atoms with Crippen LogP contribution in [0.2, 0.25) is 0 Å². The predicted molar refractivity (Wildman–Crippen MR) is 46.4 cm³/mol. The van der Waals surface area contributed by atoms with Gasteiger partial charge in [0, 0.05) is 32.7 Å². The number of piperazine rings is 1. The van der Waals surface area contributed by atoms with Crippen LogP contribution in [0.15, 0.2) is 0 Å². The van der Waals surface area contributed by atoms with Gasteiger partial charge in [-0.2, -0.15) is 5.43 Å².